The normalized spacial score (nSPS) is 12.4. The first-order valence-electron chi connectivity index (χ1n) is 7.11. The van der Waals surface area contributed by atoms with Gasteiger partial charge in [-0.15, -0.1) is 5.10 Å². The summed E-state index contributed by atoms with van der Waals surface area (Å²) in [5.74, 6) is -1.12. The van der Waals surface area contributed by atoms with Gasteiger partial charge in [-0.05, 0) is 25.5 Å². The number of hydrogen-bond donors (Lipinski definition) is 0. The number of benzene rings is 1. The fourth-order valence-corrected chi connectivity index (χ4v) is 2.99. The smallest absolute Gasteiger partial charge is 0.187 e. The number of aromatic nitrogens is 5. The van der Waals surface area contributed by atoms with Crippen molar-refractivity contribution in [1.29, 1.82) is 0 Å². The van der Waals surface area contributed by atoms with E-state index in [1.54, 1.807) is 11.6 Å². The first-order valence-corrected chi connectivity index (χ1v) is 7.99. The number of thioether (sulfide) groups is 1. The number of nitrogens with zero attached hydrogens (tertiary/aromatic N) is 5. The molecule has 3 aromatic rings. The third-order valence-electron chi connectivity index (χ3n) is 3.37. The van der Waals surface area contributed by atoms with Crippen molar-refractivity contribution >= 4 is 28.9 Å². The predicted molar refractivity (Wildman–Crippen MR) is 84.1 cm³/mol. The second kappa shape index (κ2) is 6.33. The Morgan fingerprint density at radius 2 is 2.04 bits per heavy atom. The Balaban J connectivity index is 2.03. The lowest BCUT2D eigenvalue weighted by molar-refractivity contribution is -0.304. The number of fused-ring (bicyclic) bond motifs is 1. The van der Waals surface area contributed by atoms with Crippen LogP contribution in [0.15, 0.2) is 35.6 Å². The number of carbonyl (C=O) groups is 1. The van der Waals surface area contributed by atoms with Gasteiger partial charge in [0, 0.05) is 0 Å². The van der Waals surface area contributed by atoms with Gasteiger partial charge in [0.15, 0.2) is 11.2 Å². The molecule has 1 atom stereocenters. The minimum Gasteiger partial charge on any atom is -0.549 e. The molecule has 0 unspecified atom stereocenters. The predicted octanol–water partition coefficient (Wildman–Crippen LogP) is 1.14. The van der Waals surface area contributed by atoms with Crippen LogP contribution in [-0.4, -0.2) is 36.2 Å². The molecule has 1 aromatic carbocycles. The van der Waals surface area contributed by atoms with Gasteiger partial charge >= 0.3 is 0 Å². The van der Waals surface area contributed by atoms with Crippen molar-refractivity contribution in [2.75, 3.05) is 0 Å². The average molecular weight is 328 g/mol. The minimum atomic E-state index is -1.12. The van der Waals surface area contributed by atoms with Crippen LogP contribution in [0, 0.1) is 6.92 Å². The summed E-state index contributed by atoms with van der Waals surface area (Å²) in [6, 6.07) is 7.80. The first-order chi connectivity index (χ1) is 11.1. The number of hydrogen-bond acceptors (Lipinski definition) is 7. The van der Waals surface area contributed by atoms with Crippen LogP contribution in [-0.2, 0) is 4.79 Å². The van der Waals surface area contributed by atoms with Crippen molar-refractivity contribution < 1.29 is 9.90 Å². The summed E-state index contributed by atoms with van der Waals surface area (Å²) in [5.41, 5.74) is 3.00. The van der Waals surface area contributed by atoms with E-state index in [0.29, 0.717) is 22.6 Å². The van der Waals surface area contributed by atoms with Crippen LogP contribution < -0.4 is 5.11 Å². The number of aliphatic carboxylic acids is 1. The van der Waals surface area contributed by atoms with Crippen LogP contribution in [0.4, 0.5) is 0 Å². The molecule has 8 heteroatoms. The summed E-state index contributed by atoms with van der Waals surface area (Å²) in [6.07, 6.45) is 1.82. The molecule has 0 N–H and O–H groups in total. The maximum Gasteiger partial charge on any atom is 0.187 e. The maximum absolute atomic E-state index is 11.1. The molecule has 2 heterocycles. The Morgan fingerprint density at radius 1 is 1.30 bits per heavy atom. The Morgan fingerprint density at radius 3 is 2.70 bits per heavy atom. The zero-order valence-electron chi connectivity index (χ0n) is 12.6. The van der Waals surface area contributed by atoms with Crippen molar-refractivity contribution in [2.24, 2.45) is 0 Å². The van der Waals surface area contributed by atoms with Crippen LogP contribution in [0.3, 0.4) is 0 Å². The summed E-state index contributed by atoms with van der Waals surface area (Å²) < 4.78 is 1.61. The van der Waals surface area contributed by atoms with Crippen molar-refractivity contribution in [3.05, 3.63) is 36.2 Å². The van der Waals surface area contributed by atoms with E-state index < -0.39 is 11.2 Å². The highest BCUT2D eigenvalue weighted by Crippen LogP contribution is 2.28. The number of carboxylic acids is 1. The largest absolute Gasteiger partial charge is 0.549 e. The molecular weight excluding hydrogens is 314 g/mol. The van der Waals surface area contributed by atoms with Gasteiger partial charge < -0.3 is 9.90 Å². The second-order valence-electron chi connectivity index (χ2n) is 5.02. The summed E-state index contributed by atoms with van der Waals surface area (Å²) >= 11 is 1.11. The molecule has 0 amide bonds. The van der Waals surface area contributed by atoms with Gasteiger partial charge in [0.05, 0.1) is 16.9 Å². The summed E-state index contributed by atoms with van der Waals surface area (Å²) in [7, 11) is 0. The lowest BCUT2D eigenvalue weighted by atomic mass is 10.2. The Bertz CT molecular complexity index is 847. The Hall–Kier alpha value is -2.48. The van der Waals surface area contributed by atoms with Crippen LogP contribution in [0.1, 0.15) is 18.9 Å². The molecule has 0 bridgehead atoms. The van der Waals surface area contributed by atoms with Crippen LogP contribution in [0.2, 0.25) is 0 Å². The summed E-state index contributed by atoms with van der Waals surface area (Å²) in [5, 5.41) is 19.2. The highest BCUT2D eigenvalue weighted by molar-refractivity contribution is 8.00. The van der Waals surface area contributed by atoms with Crippen molar-refractivity contribution in [1.82, 2.24) is 25.0 Å². The number of carbonyl (C=O) groups excluding carboxylic acids is 1. The molecule has 0 radical (unpaired) electrons. The Labute approximate surface area is 136 Å². The standard InChI is InChI=1S/C15H15N5O2S/c1-3-11(15(21)22)23-14-12-13(16-8-17-14)20(19-18-12)10-6-4-9(2)5-7-10/h4-8,11H,3H2,1-2H3,(H,21,22)/p-1/t11-/m1/s1. The highest BCUT2D eigenvalue weighted by atomic mass is 32.2. The molecule has 0 saturated carbocycles. The molecule has 3 rings (SSSR count). The molecule has 0 fully saturated rings. The van der Waals surface area contributed by atoms with Crippen molar-refractivity contribution in [3.8, 4) is 5.69 Å². The molecule has 118 valence electrons. The number of rotatable bonds is 5. The van der Waals surface area contributed by atoms with E-state index >= 15 is 0 Å². The quantitative estimate of drug-likeness (QED) is 0.512. The Kier molecular flexibility index (Phi) is 4.24. The molecule has 0 aliphatic rings. The molecular formula is C15H14N5O2S-. The number of aryl methyl sites for hydroxylation is 1. The monoisotopic (exact) mass is 328 g/mol. The van der Waals surface area contributed by atoms with Crippen LogP contribution in [0.25, 0.3) is 16.9 Å². The lowest BCUT2D eigenvalue weighted by Crippen LogP contribution is -2.33. The molecule has 0 saturated heterocycles. The lowest BCUT2D eigenvalue weighted by Gasteiger charge is -2.14. The summed E-state index contributed by atoms with van der Waals surface area (Å²) in [4.78, 5) is 19.5. The molecule has 0 aliphatic heterocycles. The fraction of sp³-hybridized carbons (Fsp3) is 0.267. The van der Waals surface area contributed by atoms with E-state index in [-0.39, 0.29) is 0 Å². The van der Waals surface area contributed by atoms with E-state index in [1.165, 1.54) is 6.33 Å². The van der Waals surface area contributed by atoms with Crippen molar-refractivity contribution in [2.45, 2.75) is 30.5 Å². The third kappa shape index (κ3) is 3.02. The zero-order chi connectivity index (χ0) is 16.4. The van der Waals surface area contributed by atoms with Gasteiger partial charge in [-0.3, -0.25) is 0 Å². The highest BCUT2D eigenvalue weighted by Gasteiger charge is 2.17. The fourth-order valence-electron chi connectivity index (χ4n) is 2.11. The van der Waals surface area contributed by atoms with E-state index in [1.807, 2.05) is 31.2 Å². The van der Waals surface area contributed by atoms with Gasteiger partial charge in [0.1, 0.15) is 11.4 Å². The first kappa shape index (κ1) is 15.4. The minimum absolute atomic E-state index is 0.435. The third-order valence-corrected chi connectivity index (χ3v) is 4.70. The van der Waals surface area contributed by atoms with Crippen LogP contribution in [0.5, 0.6) is 0 Å². The SMILES string of the molecule is CC[C@@H](Sc1ncnc2c1nnn2-c1ccc(C)cc1)C(=O)[O-]. The van der Waals surface area contributed by atoms with Gasteiger partial charge in [0.2, 0.25) is 0 Å². The van der Waals surface area contributed by atoms with Gasteiger partial charge in [-0.1, -0.05) is 41.6 Å². The maximum atomic E-state index is 11.1. The van der Waals surface area contributed by atoms with E-state index in [2.05, 4.69) is 20.3 Å². The topological polar surface area (TPSA) is 96.6 Å². The van der Waals surface area contributed by atoms with E-state index in [4.69, 9.17) is 0 Å². The molecule has 0 spiro atoms. The molecule has 23 heavy (non-hydrogen) atoms. The average Bonchev–Trinajstić information content (AvgIpc) is 2.98. The molecule has 0 aliphatic carbocycles. The van der Waals surface area contributed by atoms with Gasteiger partial charge in [-0.2, -0.15) is 4.68 Å². The zero-order valence-corrected chi connectivity index (χ0v) is 13.4. The van der Waals surface area contributed by atoms with E-state index in [0.717, 1.165) is 23.0 Å². The molecule has 7 nitrogen and oxygen atoms in total. The second-order valence-corrected chi connectivity index (χ2v) is 6.21. The van der Waals surface area contributed by atoms with Crippen LogP contribution >= 0.6 is 11.8 Å². The van der Waals surface area contributed by atoms with Crippen molar-refractivity contribution in [3.63, 3.8) is 0 Å². The summed E-state index contributed by atoms with van der Waals surface area (Å²) in [6.45, 7) is 3.79. The number of carboxylic acid groups (broad SMARTS) is 1. The van der Waals surface area contributed by atoms with Gasteiger partial charge in [-0.25, -0.2) is 9.97 Å². The van der Waals surface area contributed by atoms with E-state index in [9.17, 15) is 9.90 Å². The van der Waals surface area contributed by atoms with Gasteiger partial charge in [0.25, 0.3) is 0 Å². The molecule has 2 aromatic heterocycles.